The van der Waals surface area contributed by atoms with E-state index in [1.165, 1.54) is 5.39 Å². The Morgan fingerprint density at radius 3 is 2.86 bits per heavy atom. The van der Waals surface area contributed by atoms with E-state index >= 15 is 0 Å². The van der Waals surface area contributed by atoms with Gasteiger partial charge in [0.25, 0.3) is 0 Å². The molecule has 2 rings (SSSR count). The number of fused-ring (bicyclic) bond motifs is 1. The van der Waals surface area contributed by atoms with Gasteiger partial charge in [0.15, 0.2) is 0 Å². The largest absolute Gasteiger partial charge is 0.396 e. The van der Waals surface area contributed by atoms with Gasteiger partial charge in [-0.15, -0.1) is 0 Å². The maximum atomic E-state index is 8.78. The molecule has 1 aromatic carbocycles. The molecule has 0 saturated heterocycles. The highest BCUT2D eigenvalue weighted by Gasteiger charge is 2.07. The fraction of sp³-hybridized carbons (Fsp3) is 0.273. The highest BCUT2D eigenvalue weighted by atomic mass is 16.2. The number of nitrogen functional groups attached to an aromatic ring is 1. The standard InChI is InChI=1S/C11H14N2O/c12-11-9(5-3-7-14)8-4-1-2-6-10(8)13-11/h1-2,4,6,13-14H,3,5,7,12H2. The van der Waals surface area contributed by atoms with Crippen molar-refractivity contribution < 1.29 is 5.11 Å². The van der Waals surface area contributed by atoms with E-state index in [1.807, 2.05) is 18.2 Å². The maximum Gasteiger partial charge on any atom is 0.104 e. The van der Waals surface area contributed by atoms with Crippen LogP contribution in [0.4, 0.5) is 5.82 Å². The molecular formula is C11H14N2O. The first-order valence-electron chi connectivity index (χ1n) is 4.79. The number of nitrogens with one attached hydrogen (secondary N) is 1. The van der Waals surface area contributed by atoms with Gasteiger partial charge in [0, 0.05) is 23.1 Å². The molecule has 1 aromatic heterocycles. The number of para-hydroxylation sites is 1. The van der Waals surface area contributed by atoms with Crippen LogP contribution in [0.1, 0.15) is 12.0 Å². The third-order valence-corrected chi connectivity index (χ3v) is 2.43. The average Bonchev–Trinajstić information content (AvgIpc) is 2.51. The zero-order valence-electron chi connectivity index (χ0n) is 7.96. The Kier molecular flexibility index (Phi) is 2.41. The molecule has 0 bridgehead atoms. The number of anilines is 1. The van der Waals surface area contributed by atoms with E-state index in [0.717, 1.165) is 29.7 Å². The molecule has 0 amide bonds. The number of hydrogen-bond acceptors (Lipinski definition) is 2. The molecule has 0 radical (unpaired) electrons. The molecule has 14 heavy (non-hydrogen) atoms. The summed E-state index contributed by atoms with van der Waals surface area (Å²) in [6, 6.07) is 8.04. The highest BCUT2D eigenvalue weighted by Crippen LogP contribution is 2.24. The Labute approximate surface area is 82.6 Å². The van der Waals surface area contributed by atoms with E-state index in [0.29, 0.717) is 0 Å². The van der Waals surface area contributed by atoms with Crippen LogP contribution in [-0.2, 0) is 6.42 Å². The summed E-state index contributed by atoms with van der Waals surface area (Å²) in [5.41, 5.74) is 8.04. The summed E-state index contributed by atoms with van der Waals surface area (Å²) in [7, 11) is 0. The summed E-state index contributed by atoms with van der Waals surface area (Å²) in [6.45, 7) is 0.207. The molecule has 0 spiro atoms. The van der Waals surface area contributed by atoms with Crippen LogP contribution in [-0.4, -0.2) is 16.7 Å². The van der Waals surface area contributed by atoms with Crippen molar-refractivity contribution in [2.75, 3.05) is 12.3 Å². The fourth-order valence-electron chi connectivity index (χ4n) is 1.75. The number of nitrogens with two attached hydrogens (primary N) is 1. The minimum Gasteiger partial charge on any atom is -0.396 e. The first-order valence-corrected chi connectivity index (χ1v) is 4.79. The van der Waals surface area contributed by atoms with Crippen LogP contribution >= 0.6 is 0 Å². The van der Waals surface area contributed by atoms with Crippen LogP contribution in [0.25, 0.3) is 10.9 Å². The number of aromatic amines is 1. The second kappa shape index (κ2) is 3.72. The molecule has 2 aromatic rings. The molecule has 3 heteroatoms. The monoisotopic (exact) mass is 190 g/mol. The molecule has 0 fully saturated rings. The molecule has 0 saturated carbocycles. The van der Waals surface area contributed by atoms with Gasteiger partial charge >= 0.3 is 0 Å². The second-order valence-corrected chi connectivity index (χ2v) is 3.39. The molecule has 0 aliphatic rings. The summed E-state index contributed by atoms with van der Waals surface area (Å²) < 4.78 is 0. The van der Waals surface area contributed by atoms with Crippen LogP contribution < -0.4 is 5.73 Å². The SMILES string of the molecule is Nc1[nH]c2ccccc2c1CCCO. The zero-order chi connectivity index (χ0) is 9.97. The number of aromatic nitrogens is 1. The lowest BCUT2D eigenvalue weighted by molar-refractivity contribution is 0.289. The summed E-state index contributed by atoms with van der Waals surface area (Å²) in [5, 5.41) is 9.94. The number of aliphatic hydroxyl groups excluding tert-OH is 1. The van der Waals surface area contributed by atoms with Gasteiger partial charge in [0.05, 0.1) is 0 Å². The van der Waals surface area contributed by atoms with Gasteiger partial charge in [-0.2, -0.15) is 0 Å². The van der Waals surface area contributed by atoms with E-state index in [9.17, 15) is 0 Å². The van der Waals surface area contributed by atoms with Gasteiger partial charge < -0.3 is 15.8 Å². The van der Waals surface area contributed by atoms with E-state index in [4.69, 9.17) is 10.8 Å². The van der Waals surface area contributed by atoms with Crippen molar-refractivity contribution in [3.63, 3.8) is 0 Å². The van der Waals surface area contributed by atoms with E-state index in [2.05, 4.69) is 11.1 Å². The smallest absolute Gasteiger partial charge is 0.104 e. The summed E-state index contributed by atoms with van der Waals surface area (Å²) in [6.07, 6.45) is 1.58. The summed E-state index contributed by atoms with van der Waals surface area (Å²) in [4.78, 5) is 3.13. The molecular weight excluding hydrogens is 176 g/mol. The van der Waals surface area contributed by atoms with Gasteiger partial charge in [-0.05, 0) is 18.9 Å². The molecule has 0 aliphatic heterocycles. The van der Waals surface area contributed by atoms with Gasteiger partial charge in [0.1, 0.15) is 5.82 Å². The second-order valence-electron chi connectivity index (χ2n) is 3.39. The van der Waals surface area contributed by atoms with Crippen molar-refractivity contribution in [3.8, 4) is 0 Å². The summed E-state index contributed by atoms with van der Waals surface area (Å²) >= 11 is 0. The van der Waals surface area contributed by atoms with Crippen LogP contribution in [0.3, 0.4) is 0 Å². The van der Waals surface area contributed by atoms with E-state index in [-0.39, 0.29) is 6.61 Å². The van der Waals surface area contributed by atoms with E-state index in [1.54, 1.807) is 0 Å². The Hall–Kier alpha value is -1.48. The van der Waals surface area contributed by atoms with Crippen molar-refractivity contribution in [3.05, 3.63) is 29.8 Å². The lowest BCUT2D eigenvalue weighted by atomic mass is 10.1. The zero-order valence-corrected chi connectivity index (χ0v) is 7.96. The Morgan fingerprint density at radius 2 is 2.07 bits per heavy atom. The third kappa shape index (κ3) is 1.46. The number of H-pyrrole nitrogens is 1. The molecule has 4 N–H and O–H groups in total. The van der Waals surface area contributed by atoms with Gasteiger partial charge in [-0.1, -0.05) is 18.2 Å². The minimum atomic E-state index is 0.207. The lowest BCUT2D eigenvalue weighted by Gasteiger charge is -1.98. The number of aliphatic hydroxyl groups is 1. The van der Waals surface area contributed by atoms with Gasteiger partial charge in [-0.25, -0.2) is 0 Å². The van der Waals surface area contributed by atoms with Crippen LogP contribution in [0.2, 0.25) is 0 Å². The first-order chi connectivity index (χ1) is 6.83. The fourth-order valence-corrected chi connectivity index (χ4v) is 1.75. The quantitative estimate of drug-likeness (QED) is 0.689. The Bertz CT molecular complexity index is 434. The number of aryl methyl sites for hydroxylation is 1. The number of rotatable bonds is 3. The van der Waals surface area contributed by atoms with Crippen LogP contribution in [0.5, 0.6) is 0 Å². The van der Waals surface area contributed by atoms with E-state index < -0.39 is 0 Å². The molecule has 1 heterocycles. The van der Waals surface area contributed by atoms with Crippen LogP contribution in [0.15, 0.2) is 24.3 Å². The van der Waals surface area contributed by atoms with Crippen molar-refractivity contribution in [1.29, 1.82) is 0 Å². The highest BCUT2D eigenvalue weighted by molar-refractivity contribution is 5.88. The topological polar surface area (TPSA) is 62.0 Å². The molecule has 0 aliphatic carbocycles. The normalized spacial score (nSPS) is 10.9. The van der Waals surface area contributed by atoms with Crippen molar-refractivity contribution in [2.45, 2.75) is 12.8 Å². The van der Waals surface area contributed by atoms with Gasteiger partial charge in [0.2, 0.25) is 0 Å². The van der Waals surface area contributed by atoms with Crippen molar-refractivity contribution >= 4 is 16.7 Å². The third-order valence-electron chi connectivity index (χ3n) is 2.43. The van der Waals surface area contributed by atoms with Crippen LogP contribution in [0, 0.1) is 0 Å². The average molecular weight is 190 g/mol. The Morgan fingerprint density at radius 1 is 1.29 bits per heavy atom. The predicted molar refractivity (Wildman–Crippen MR) is 58.1 cm³/mol. The van der Waals surface area contributed by atoms with Crippen molar-refractivity contribution in [2.24, 2.45) is 0 Å². The molecule has 3 nitrogen and oxygen atoms in total. The predicted octanol–water partition coefficient (Wildman–Crippen LogP) is 1.67. The molecule has 0 unspecified atom stereocenters. The maximum absolute atomic E-state index is 8.78. The first kappa shape index (κ1) is 9.09. The van der Waals surface area contributed by atoms with Gasteiger partial charge in [-0.3, -0.25) is 0 Å². The number of benzene rings is 1. The molecule has 74 valence electrons. The lowest BCUT2D eigenvalue weighted by Crippen LogP contribution is -1.94. The molecule has 0 atom stereocenters. The van der Waals surface area contributed by atoms with Crippen molar-refractivity contribution in [1.82, 2.24) is 4.98 Å². The Balaban J connectivity index is 2.45. The minimum absolute atomic E-state index is 0.207. The number of hydrogen-bond donors (Lipinski definition) is 3. The summed E-state index contributed by atoms with van der Waals surface area (Å²) in [5.74, 6) is 0.722.